The summed E-state index contributed by atoms with van der Waals surface area (Å²) in [5.74, 6) is -0.683. The summed E-state index contributed by atoms with van der Waals surface area (Å²) in [6, 6.07) is 0. The Morgan fingerprint density at radius 3 is 2.50 bits per heavy atom. The molecule has 0 aromatic heterocycles. The molecule has 0 heterocycles. The number of halogens is 2. The van der Waals surface area contributed by atoms with Crippen molar-refractivity contribution >= 4 is 6.21 Å². The number of aliphatic imine (C=N–C) groups is 1. The first-order chi connectivity index (χ1) is 4.59. The van der Waals surface area contributed by atoms with E-state index in [1.54, 1.807) is 0 Å². The monoisotopic (exact) mass is 150 g/mol. The number of nitrogens with two attached hydrogens (primary N) is 1. The van der Waals surface area contributed by atoms with Gasteiger partial charge < -0.3 is 10.8 Å². The zero-order valence-electron chi connectivity index (χ0n) is 5.38. The van der Waals surface area contributed by atoms with E-state index in [4.69, 9.17) is 10.8 Å². The van der Waals surface area contributed by atoms with Crippen LogP contribution >= 0.6 is 0 Å². The molecule has 0 radical (unpaired) electrons. The second-order valence-corrected chi connectivity index (χ2v) is 1.53. The molecule has 0 aromatic carbocycles. The third-order valence-electron chi connectivity index (χ3n) is 0.782. The molecule has 0 spiro atoms. The van der Waals surface area contributed by atoms with Crippen LogP contribution in [0.5, 0.6) is 0 Å². The topological polar surface area (TPSA) is 58.6 Å². The summed E-state index contributed by atoms with van der Waals surface area (Å²) in [6.45, 7) is 0. The molecule has 0 fully saturated rings. The number of nitrogens with zero attached hydrogens (tertiary/aromatic N) is 1. The van der Waals surface area contributed by atoms with Crippen LogP contribution < -0.4 is 5.73 Å². The van der Waals surface area contributed by atoms with Crippen molar-refractivity contribution in [2.24, 2.45) is 10.7 Å². The van der Waals surface area contributed by atoms with Gasteiger partial charge in [0.05, 0.1) is 6.21 Å². The SMILES string of the molecule is CN=C/C(O)=C(\N)C(F)F. The van der Waals surface area contributed by atoms with Crippen molar-refractivity contribution < 1.29 is 13.9 Å². The lowest BCUT2D eigenvalue weighted by Gasteiger charge is -1.98. The van der Waals surface area contributed by atoms with Crippen molar-refractivity contribution in [3.8, 4) is 0 Å². The molecule has 0 aromatic rings. The van der Waals surface area contributed by atoms with E-state index in [0.29, 0.717) is 0 Å². The highest BCUT2D eigenvalue weighted by atomic mass is 19.3. The summed E-state index contributed by atoms with van der Waals surface area (Å²) in [5.41, 5.74) is 3.88. The Balaban J connectivity index is 4.34. The predicted octanol–water partition coefficient (Wildman–Crippen LogP) is 0.680. The van der Waals surface area contributed by atoms with E-state index in [2.05, 4.69) is 4.99 Å². The predicted molar refractivity (Wildman–Crippen MR) is 34.3 cm³/mol. The first-order valence-corrected chi connectivity index (χ1v) is 2.48. The normalized spacial score (nSPS) is 14.4. The van der Waals surface area contributed by atoms with Crippen LogP contribution in [0.2, 0.25) is 0 Å². The number of aliphatic hydroxyl groups is 1. The molecule has 3 N–H and O–H groups in total. The van der Waals surface area contributed by atoms with E-state index in [9.17, 15) is 8.78 Å². The number of allylic oxidation sites excluding steroid dienone is 2. The molecular weight excluding hydrogens is 142 g/mol. The molecule has 0 rings (SSSR count). The van der Waals surface area contributed by atoms with Crippen molar-refractivity contribution in [1.29, 1.82) is 0 Å². The van der Waals surface area contributed by atoms with Gasteiger partial charge in [-0.1, -0.05) is 0 Å². The molecule has 0 unspecified atom stereocenters. The molecule has 0 atom stereocenters. The van der Waals surface area contributed by atoms with Gasteiger partial charge in [0, 0.05) is 7.05 Å². The van der Waals surface area contributed by atoms with Gasteiger partial charge in [-0.3, -0.25) is 4.99 Å². The maximum absolute atomic E-state index is 11.6. The van der Waals surface area contributed by atoms with E-state index >= 15 is 0 Å². The second-order valence-electron chi connectivity index (χ2n) is 1.53. The summed E-state index contributed by atoms with van der Waals surface area (Å²) >= 11 is 0. The summed E-state index contributed by atoms with van der Waals surface area (Å²) in [6.07, 6.45) is -1.97. The van der Waals surface area contributed by atoms with Gasteiger partial charge in [0.15, 0.2) is 5.76 Å². The zero-order chi connectivity index (χ0) is 8.15. The average Bonchev–Trinajstić information content (AvgIpc) is 1.87. The Kier molecular flexibility index (Phi) is 3.38. The zero-order valence-corrected chi connectivity index (χ0v) is 5.38. The van der Waals surface area contributed by atoms with Crippen LogP contribution in [0.4, 0.5) is 8.78 Å². The minimum Gasteiger partial charge on any atom is -0.504 e. The van der Waals surface area contributed by atoms with Gasteiger partial charge in [0.2, 0.25) is 0 Å². The maximum atomic E-state index is 11.6. The summed E-state index contributed by atoms with van der Waals surface area (Å²) in [5, 5.41) is 8.61. The number of alkyl halides is 2. The summed E-state index contributed by atoms with van der Waals surface area (Å²) in [4.78, 5) is 3.29. The Morgan fingerprint density at radius 1 is 1.70 bits per heavy atom. The van der Waals surface area contributed by atoms with Crippen molar-refractivity contribution in [3.05, 3.63) is 11.5 Å². The van der Waals surface area contributed by atoms with Crippen LogP contribution in [0.3, 0.4) is 0 Å². The van der Waals surface area contributed by atoms with Gasteiger partial charge in [0.1, 0.15) is 5.70 Å². The van der Waals surface area contributed by atoms with Gasteiger partial charge in [-0.25, -0.2) is 8.78 Å². The highest BCUT2D eigenvalue weighted by Crippen LogP contribution is 2.03. The molecule has 0 bridgehead atoms. The fraction of sp³-hybridized carbons (Fsp3) is 0.400. The fourth-order valence-electron chi connectivity index (χ4n) is 0.309. The number of hydrogen-bond acceptors (Lipinski definition) is 3. The molecule has 5 heteroatoms. The number of rotatable bonds is 2. The lowest BCUT2D eigenvalue weighted by atomic mass is 10.4. The van der Waals surface area contributed by atoms with E-state index in [1.807, 2.05) is 0 Å². The minimum absolute atomic E-state index is 0.683. The van der Waals surface area contributed by atoms with Crippen LogP contribution in [0.15, 0.2) is 16.4 Å². The Labute approximate surface area is 56.9 Å². The molecule has 0 aliphatic rings. The van der Waals surface area contributed by atoms with Gasteiger partial charge in [0.25, 0.3) is 6.43 Å². The van der Waals surface area contributed by atoms with Crippen LogP contribution in [-0.2, 0) is 0 Å². The highest BCUT2D eigenvalue weighted by Gasteiger charge is 2.10. The average molecular weight is 150 g/mol. The molecule has 0 aliphatic heterocycles. The van der Waals surface area contributed by atoms with E-state index < -0.39 is 17.9 Å². The molecule has 0 amide bonds. The molecule has 3 nitrogen and oxygen atoms in total. The molecule has 0 saturated heterocycles. The third kappa shape index (κ3) is 2.43. The van der Waals surface area contributed by atoms with Crippen molar-refractivity contribution in [1.82, 2.24) is 0 Å². The number of hydrogen-bond donors (Lipinski definition) is 2. The van der Waals surface area contributed by atoms with Crippen LogP contribution in [0, 0.1) is 0 Å². The smallest absolute Gasteiger partial charge is 0.281 e. The lowest BCUT2D eigenvalue weighted by Crippen LogP contribution is -2.11. The Hall–Kier alpha value is -1.13. The summed E-state index contributed by atoms with van der Waals surface area (Å²) in [7, 11) is 1.34. The largest absolute Gasteiger partial charge is 0.504 e. The van der Waals surface area contributed by atoms with Gasteiger partial charge >= 0.3 is 0 Å². The standard InChI is InChI=1S/C5H8F2N2O/c1-9-2-3(10)4(8)5(6)7/h2,5,10H,8H2,1H3/b4-3+,9-2?. The van der Waals surface area contributed by atoms with Crippen LogP contribution in [0.1, 0.15) is 0 Å². The van der Waals surface area contributed by atoms with E-state index in [1.165, 1.54) is 7.05 Å². The van der Waals surface area contributed by atoms with Crippen molar-refractivity contribution in [2.45, 2.75) is 6.43 Å². The lowest BCUT2D eigenvalue weighted by molar-refractivity contribution is 0.181. The minimum atomic E-state index is -2.84. The van der Waals surface area contributed by atoms with Gasteiger partial charge in [-0.2, -0.15) is 0 Å². The molecule has 0 aliphatic carbocycles. The second kappa shape index (κ2) is 3.81. The first kappa shape index (κ1) is 8.87. The van der Waals surface area contributed by atoms with Gasteiger partial charge in [-0.15, -0.1) is 0 Å². The van der Waals surface area contributed by atoms with E-state index in [0.717, 1.165) is 6.21 Å². The molecule has 58 valence electrons. The van der Waals surface area contributed by atoms with Gasteiger partial charge in [-0.05, 0) is 0 Å². The van der Waals surface area contributed by atoms with Crippen LogP contribution in [-0.4, -0.2) is 24.8 Å². The van der Waals surface area contributed by atoms with E-state index in [-0.39, 0.29) is 0 Å². The quantitative estimate of drug-likeness (QED) is 0.449. The maximum Gasteiger partial charge on any atom is 0.281 e. The van der Waals surface area contributed by atoms with Crippen LogP contribution in [0.25, 0.3) is 0 Å². The highest BCUT2D eigenvalue weighted by molar-refractivity contribution is 5.76. The third-order valence-corrected chi connectivity index (χ3v) is 0.782. The fourth-order valence-corrected chi connectivity index (χ4v) is 0.309. The molecule has 10 heavy (non-hydrogen) atoms. The molecular formula is C5H8F2N2O. The molecule has 0 saturated carbocycles. The Morgan fingerprint density at radius 2 is 2.20 bits per heavy atom. The first-order valence-electron chi connectivity index (χ1n) is 2.48. The Bertz CT molecular complexity index is 165. The van der Waals surface area contributed by atoms with Crippen molar-refractivity contribution in [3.63, 3.8) is 0 Å². The van der Waals surface area contributed by atoms with Crippen molar-refractivity contribution in [2.75, 3.05) is 7.05 Å². The number of aliphatic hydroxyl groups excluding tert-OH is 1. The summed E-state index contributed by atoms with van der Waals surface area (Å²) < 4.78 is 23.2.